The van der Waals surface area contributed by atoms with Crippen LogP contribution in [-0.2, 0) is 4.74 Å². The molecular weight excluding hydrogens is 284 g/mol. The maximum absolute atomic E-state index is 11.6. The van der Waals surface area contributed by atoms with Gasteiger partial charge in [0.2, 0.25) is 0 Å². The van der Waals surface area contributed by atoms with E-state index >= 15 is 0 Å². The predicted molar refractivity (Wildman–Crippen MR) is 81.6 cm³/mol. The quantitative estimate of drug-likeness (QED) is 0.505. The molecule has 0 saturated heterocycles. The molecule has 0 saturated carbocycles. The van der Waals surface area contributed by atoms with Crippen LogP contribution in [0.3, 0.4) is 0 Å². The van der Waals surface area contributed by atoms with E-state index in [4.69, 9.17) is 21.7 Å². The highest BCUT2D eigenvalue weighted by molar-refractivity contribution is 7.96. The topological polar surface area (TPSA) is 72.6 Å². The van der Waals surface area contributed by atoms with Gasteiger partial charge in [-0.3, -0.25) is 9.59 Å². The Labute approximate surface area is 123 Å². The van der Waals surface area contributed by atoms with Crippen LogP contribution < -0.4 is 5.73 Å². The molecule has 0 radical (unpaired) electrons. The first-order valence-electron chi connectivity index (χ1n) is 5.25. The number of amides is 1. The largest absolute Gasteiger partial charge is 0.463 e. The molecule has 2 N–H and O–H groups in total. The summed E-state index contributed by atoms with van der Waals surface area (Å²) in [6.45, 7) is -0.0129. The maximum atomic E-state index is 11.6. The lowest BCUT2D eigenvalue weighted by Crippen LogP contribution is -2.25. The van der Waals surface area contributed by atoms with Crippen LogP contribution in [0.25, 0.3) is 0 Å². The Morgan fingerprint density at radius 2 is 1.79 bits per heavy atom. The summed E-state index contributed by atoms with van der Waals surface area (Å²) in [5, 5.41) is -0.320. The number of carbonyl (C=O) groups is 2. The number of ketones is 1. The summed E-state index contributed by atoms with van der Waals surface area (Å²) >= 11 is 8.00. The number of carbonyl (C=O) groups excluding carboxylic acids is 2. The van der Waals surface area contributed by atoms with E-state index < -0.39 is 5.24 Å². The van der Waals surface area contributed by atoms with Crippen molar-refractivity contribution in [2.24, 2.45) is 5.73 Å². The Hall–Kier alpha value is -1.60. The summed E-state index contributed by atoms with van der Waals surface area (Å²) in [5.74, 6) is -0.0696. The molecule has 0 aliphatic rings. The molecule has 1 aromatic carbocycles. The fourth-order valence-corrected chi connectivity index (χ4v) is 1.02. The van der Waals surface area contributed by atoms with Crippen LogP contribution in [0.15, 0.2) is 30.3 Å². The Balaban J connectivity index is 0.000000711. The first-order chi connectivity index (χ1) is 8.84. The summed E-state index contributed by atoms with van der Waals surface area (Å²) in [4.78, 5) is 22.3. The van der Waals surface area contributed by atoms with Crippen LogP contribution in [0.1, 0.15) is 10.4 Å². The third-order valence-corrected chi connectivity index (χ3v) is 2.27. The van der Waals surface area contributed by atoms with Crippen molar-refractivity contribution >= 4 is 41.0 Å². The summed E-state index contributed by atoms with van der Waals surface area (Å²) in [5.41, 5.74) is 4.97. The van der Waals surface area contributed by atoms with Gasteiger partial charge in [0.25, 0.3) is 10.4 Å². The second kappa shape index (κ2) is 9.35. The highest BCUT2D eigenvalue weighted by atomic mass is 32.1. The van der Waals surface area contributed by atoms with Gasteiger partial charge < -0.3 is 15.4 Å². The van der Waals surface area contributed by atoms with Crippen LogP contribution in [0.5, 0.6) is 0 Å². The molecule has 0 aromatic heterocycles. The number of thiocarbonyl (C=S) groups is 1. The van der Waals surface area contributed by atoms with Gasteiger partial charge in [-0.25, -0.2) is 0 Å². The number of benzene rings is 1. The predicted octanol–water partition coefficient (Wildman–Crippen LogP) is 1.73. The third-order valence-electron chi connectivity index (χ3n) is 1.79. The van der Waals surface area contributed by atoms with Crippen LogP contribution >= 0.6 is 24.8 Å². The van der Waals surface area contributed by atoms with E-state index in [2.05, 4.69) is 18.4 Å². The van der Waals surface area contributed by atoms with E-state index in [0.29, 0.717) is 10.7 Å². The smallest absolute Gasteiger partial charge is 0.273 e. The second-order valence-corrected chi connectivity index (χ2v) is 4.37. The third kappa shape index (κ3) is 9.04. The second-order valence-electron chi connectivity index (χ2n) is 3.58. The minimum absolute atomic E-state index is 0.0129. The fourth-order valence-electron chi connectivity index (χ4n) is 0.964. The van der Waals surface area contributed by atoms with Gasteiger partial charge in [0.1, 0.15) is 0 Å². The number of Topliss-reactive ketones (excluding diaryl/α,β-unsaturated/α-hetero) is 1. The molecule has 1 aromatic rings. The van der Waals surface area contributed by atoms with E-state index in [0.717, 1.165) is 0 Å². The van der Waals surface area contributed by atoms with Crippen molar-refractivity contribution in [3.8, 4) is 0 Å². The van der Waals surface area contributed by atoms with Crippen molar-refractivity contribution in [1.29, 1.82) is 0 Å². The molecule has 0 spiro atoms. The van der Waals surface area contributed by atoms with Gasteiger partial charge in [0.05, 0.1) is 0 Å². The Morgan fingerprint density at radius 3 is 2.21 bits per heavy atom. The van der Waals surface area contributed by atoms with Gasteiger partial charge in [-0.2, -0.15) is 0 Å². The zero-order valence-electron chi connectivity index (χ0n) is 10.7. The van der Waals surface area contributed by atoms with E-state index in [1.54, 1.807) is 31.1 Å². The molecule has 104 valence electrons. The van der Waals surface area contributed by atoms with Gasteiger partial charge in [-0.1, -0.05) is 43.0 Å². The molecule has 0 fully saturated rings. The van der Waals surface area contributed by atoms with Crippen molar-refractivity contribution in [2.45, 2.75) is 0 Å². The highest BCUT2D eigenvalue weighted by Gasteiger charge is 2.07. The maximum Gasteiger partial charge on any atom is 0.273 e. The average Bonchev–Trinajstić information content (AvgIpc) is 2.35. The van der Waals surface area contributed by atoms with Crippen molar-refractivity contribution in [1.82, 2.24) is 4.90 Å². The first kappa shape index (κ1) is 17.4. The molecule has 5 nitrogen and oxygen atoms in total. The molecule has 0 heterocycles. The van der Waals surface area contributed by atoms with Gasteiger partial charge in [-0.15, -0.1) is 0 Å². The minimum Gasteiger partial charge on any atom is -0.463 e. The van der Waals surface area contributed by atoms with Crippen molar-refractivity contribution in [2.75, 3.05) is 20.7 Å². The lowest BCUT2D eigenvalue weighted by Gasteiger charge is -2.13. The zero-order chi connectivity index (χ0) is 14.8. The number of thiol groups is 1. The van der Waals surface area contributed by atoms with Crippen molar-refractivity contribution < 1.29 is 14.3 Å². The molecular formula is C12H16N2O3S2. The zero-order valence-corrected chi connectivity index (χ0v) is 12.4. The highest BCUT2D eigenvalue weighted by Crippen LogP contribution is 2.00. The standard InChI is InChI=1S/C11H13NO2S.CH3NOS/c1-12(2)11(15)14-8-10(13)9-6-4-3-5-7-9;2-1(3)4/h3-7H,8H2,1-2H3;(H3,2,3,4). The van der Waals surface area contributed by atoms with Crippen LogP contribution in [0.2, 0.25) is 0 Å². The Bertz CT molecular complexity index is 432. The van der Waals surface area contributed by atoms with E-state index in [1.165, 1.54) is 0 Å². The van der Waals surface area contributed by atoms with Crippen molar-refractivity contribution in [3.05, 3.63) is 35.9 Å². The molecule has 0 bridgehead atoms. The SMILES string of the molecule is CN(C)C(=S)OCC(=O)c1ccccc1.NC(=O)S. The molecule has 0 aliphatic carbocycles. The molecule has 1 rings (SSSR count). The lowest BCUT2D eigenvalue weighted by molar-refractivity contribution is 0.0905. The number of nitrogens with two attached hydrogens (primary N) is 1. The van der Waals surface area contributed by atoms with Crippen LogP contribution in [0, 0.1) is 0 Å². The van der Waals surface area contributed by atoms with Gasteiger partial charge >= 0.3 is 0 Å². The number of hydrogen-bond acceptors (Lipinski definition) is 4. The normalized spacial score (nSPS) is 8.79. The van der Waals surface area contributed by atoms with Gasteiger partial charge in [-0.05, 0) is 12.2 Å². The average molecular weight is 300 g/mol. The first-order valence-corrected chi connectivity index (χ1v) is 6.11. The molecule has 7 heteroatoms. The molecule has 1 amide bonds. The Kier molecular flexibility index (Phi) is 8.56. The number of rotatable bonds is 3. The van der Waals surface area contributed by atoms with Crippen molar-refractivity contribution in [3.63, 3.8) is 0 Å². The number of ether oxygens (including phenoxy) is 1. The fraction of sp³-hybridized carbons (Fsp3) is 0.250. The summed E-state index contributed by atoms with van der Waals surface area (Å²) < 4.78 is 5.13. The molecule has 0 unspecified atom stereocenters. The lowest BCUT2D eigenvalue weighted by atomic mass is 10.1. The summed E-state index contributed by atoms with van der Waals surface area (Å²) in [6, 6.07) is 9.01. The van der Waals surface area contributed by atoms with E-state index in [1.807, 2.05) is 18.2 Å². The summed E-state index contributed by atoms with van der Waals surface area (Å²) in [6.07, 6.45) is 0. The van der Waals surface area contributed by atoms with E-state index in [-0.39, 0.29) is 12.4 Å². The van der Waals surface area contributed by atoms with Gasteiger partial charge in [0, 0.05) is 19.7 Å². The molecule has 0 atom stereocenters. The minimum atomic E-state index is -0.639. The van der Waals surface area contributed by atoms with Gasteiger partial charge in [0.15, 0.2) is 12.4 Å². The molecule has 19 heavy (non-hydrogen) atoms. The monoisotopic (exact) mass is 300 g/mol. The number of nitrogens with zero attached hydrogens (tertiary/aromatic N) is 1. The summed E-state index contributed by atoms with van der Waals surface area (Å²) in [7, 11) is 3.55. The van der Waals surface area contributed by atoms with Crippen LogP contribution in [0.4, 0.5) is 4.79 Å². The van der Waals surface area contributed by atoms with Crippen LogP contribution in [-0.4, -0.2) is 41.8 Å². The number of primary amides is 1. The molecule has 0 aliphatic heterocycles. The van der Waals surface area contributed by atoms with E-state index in [9.17, 15) is 4.79 Å². The number of hydrogen-bond donors (Lipinski definition) is 2. The Morgan fingerprint density at radius 1 is 1.32 bits per heavy atom.